The molecule has 1 aromatic heterocycles. The summed E-state index contributed by atoms with van der Waals surface area (Å²) in [7, 11) is 0. The van der Waals surface area contributed by atoms with Crippen LogP contribution in [0.2, 0.25) is 0 Å². The first-order chi connectivity index (χ1) is 8.72. The lowest BCUT2D eigenvalue weighted by Gasteiger charge is -2.27. The van der Waals surface area contributed by atoms with Crippen molar-refractivity contribution in [1.82, 2.24) is 9.88 Å². The number of nitrogens with zero attached hydrogens (tertiary/aromatic N) is 2. The Morgan fingerprint density at radius 3 is 2.78 bits per heavy atom. The quantitative estimate of drug-likeness (QED) is 0.631. The molecule has 4 heteroatoms. The lowest BCUT2D eigenvalue weighted by atomic mass is 10.1. The molecule has 0 aliphatic heterocycles. The fraction of sp³-hybridized carbons (Fsp3) is 0.429. The van der Waals surface area contributed by atoms with Crippen molar-refractivity contribution in [3.63, 3.8) is 0 Å². The topological polar surface area (TPSA) is 33.2 Å². The summed E-state index contributed by atoms with van der Waals surface area (Å²) in [5.41, 5.74) is 0.645. The molecule has 0 unspecified atom stereocenters. The van der Waals surface area contributed by atoms with Gasteiger partial charge in [-0.3, -0.25) is 4.79 Å². The van der Waals surface area contributed by atoms with Gasteiger partial charge in [-0.2, -0.15) is 0 Å². The second kappa shape index (κ2) is 6.14. The van der Waals surface area contributed by atoms with Crippen molar-refractivity contribution in [2.75, 3.05) is 6.54 Å². The number of amides is 1. The summed E-state index contributed by atoms with van der Waals surface area (Å²) in [4.78, 5) is 18.5. The minimum absolute atomic E-state index is 0.0572. The third-order valence-corrected chi connectivity index (χ3v) is 3.80. The normalized spacial score (nSPS) is 15.6. The average molecular weight is 309 g/mol. The van der Waals surface area contributed by atoms with Crippen molar-refractivity contribution in [2.45, 2.75) is 31.7 Å². The van der Waals surface area contributed by atoms with Gasteiger partial charge in [-0.05, 0) is 40.9 Å². The van der Waals surface area contributed by atoms with Crippen LogP contribution in [0.4, 0.5) is 0 Å². The van der Waals surface area contributed by atoms with Crippen LogP contribution in [-0.4, -0.2) is 28.4 Å². The van der Waals surface area contributed by atoms with Gasteiger partial charge in [0.25, 0.3) is 5.91 Å². The van der Waals surface area contributed by atoms with Gasteiger partial charge in [-0.1, -0.05) is 18.9 Å². The summed E-state index contributed by atoms with van der Waals surface area (Å²) in [6, 6.07) is 3.97. The fourth-order valence-electron chi connectivity index (χ4n) is 2.42. The first kappa shape index (κ1) is 13.3. The van der Waals surface area contributed by atoms with Crippen molar-refractivity contribution in [3.8, 4) is 0 Å². The van der Waals surface area contributed by atoms with Crippen LogP contribution < -0.4 is 0 Å². The van der Waals surface area contributed by atoms with E-state index in [1.807, 2.05) is 11.0 Å². The van der Waals surface area contributed by atoms with E-state index >= 15 is 0 Å². The highest BCUT2D eigenvalue weighted by Gasteiger charge is 2.26. The number of carbonyl (C=O) groups is 1. The van der Waals surface area contributed by atoms with Crippen molar-refractivity contribution in [1.29, 1.82) is 0 Å². The summed E-state index contributed by atoms with van der Waals surface area (Å²) in [6.07, 6.45) is 8.04. The Hall–Kier alpha value is -1.16. The minimum atomic E-state index is 0.0572. The smallest absolute Gasteiger partial charge is 0.255 e. The third kappa shape index (κ3) is 2.99. The van der Waals surface area contributed by atoms with Gasteiger partial charge in [0.05, 0.1) is 5.56 Å². The Morgan fingerprint density at radius 2 is 2.22 bits per heavy atom. The van der Waals surface area contributed by atoms with Gasteiger partial charge in [0.2, 0.25) is 0 Å². The number of rotatable bonds is 4. The van der Waals surface area contributed by atoms with Crippen molar-refractivity contribution in [2.24, 2.45) is 0 Å². The maximum atomic E-state index is 12.5. The number of halogens is 1. The predicted octanol–water partition coefficient (Wildman–Crippen LogP) is 3.41. The number of carbonyl (C=O) groups excluding carboxylic acids is 1. The molecule has 1 aromatic rings. The van der Waals surface area contributed by atoms with Crippen LogP contribution in [0.15, 0.2) is 35.6 Å². The molecule has 2 rings (SSSR count). The van der Waals surface area contributed by atoms with E-state index in [1.54, 1.807) is 18.3 Å². The fourth-order valence-corrected chi connectivity index (χ4v) is 2.66. The highest BCUT2D eigenvalue weighted by molar-refractivity contribution is 9.10. The van der Waals surface area contributed by atoms with Crippen LogP contribution in [0.3, 0.4) is 0 Å². The zero-order valence-corrected chi connectivity index (χ0v) is 11.9. The molecule has 96 valence electrons. The van der Waals surface area contributed by atoms with E-state index in [-0.39, 0.29) is 5.91 Å². The van der Waals surface area contributed by atoms with E-state index in [1.165, 1.54) is 12.8 Å². The Balaban J connectivity index is 2.16. The lowest BCUT2D eigenvalue weighted by Crippen LogP contribution is -2.38. The van der Waals surface area contributed by atoms with Crippen LogP contribution in [0, 0.1) is 0 Å². The van der Waals surface area contributed by atoms with E-state index in [0.717, 1.165) is 17.4 Å². The van der Waals surface area contributed by atoms with E-state index in [0.29, 0.717) is 18.2 Å². The number of hydrogen-bond acceptors (Lipinski definition) is 2. The van der Waals surface area contributed by atoms with Gasteiger partial charge in [-0.15, -0.1) is 6.58 Å². The zero-order chi connectivity index (χ0) is 13.0. The van der Waals surface area contributed by atoms with E-state index in [2.05, 4.69) is 27.5 Å². The Bertz CT molecular complexity index is 424. The molecule has 0 bridgehead atoms. The molecule has 1 aliphatic carbocycles. The summed E-state index contributed by atoms with van der Waals surface area (Å²) >= 11 is 3.28. The average Bonchev–Trinajstić information content (AvgIpc) is 2.90. The van der Waals surface area contributed by atoms with Gasteiger partial charge >= 0.3 is 0 Å². The van der Waals surface area contributed by atoms with Gasteiger partial charge < -0.3 is 4.90 Å². The second-order valence-electron chi connectivity index (χ2n) is 4.55. The van der Waals surface area contributed by atoms with Gasteiger partial charge in [0, 0.05) is 18.8 Å². The standard InChI is InChI=1S/C14H17BrN2O/c1-2-9-17(12-5-3-4-6-12)14(18)11-7-8-13(15)16-10-11/h2,7-8,10,12H,1,3-6,9H2. The molecule has 0 atom stereocenters. The first-order valence-electron chi connectivity index (χ1n) is 6.26. The van der Waals surface area contributed by atoms with Crippen molar-refractivity contribution >= 4 is 21.8 Å². The lowest BCUT2D eigenvalue weighted by molar-refractivity contribution is 0.0706. The molecule has 0 radical (unpaired) electrons. The molecular weight excluding hydrogens is 292 g/mol. The molecule has 18 heavy (non-hydrogen) atoms. The molecule has 1 aliphatic rings. The molecular formula is C14H17BrN2O. The molecule has 0 spiro atoms. The highest BCUT2D eigenvalue weighted by Crippen LogP contribution is 2.24. The summed E-state index contributed by atoms with van der Waals surface area (Å²) in [5.74, 6) is 0.0572. The van der Waals surface area contributed by atoms with Gasteiger partial charge in [-0.25, -0.2) is 4.98 Å². The first-order valence-corrected chi connectivity index (χ1v) is 7.05. The maximum absolute atomic E-state index is 12.5. The maximum Gasteiger partial charge on any atom is 0.255 e. The summed E-state index contributed by atoms with van der Waals surface area (Å²) < 4.78 is 0.746. The monoisotopic (exact) mass is 308 g/mol. The molecule has 1 heterocycles. The van der Waals surface area contributed by atoms with Crippen LogP contribution in [-0.2, 0) is 0 Å². The van der Waals surface area contributed by atoms with E-state index < -0.39 is 0 Å². The summed E-state index contributed by atoms with van der Waals surface area (Å²) in [6.45, 7) is 4.36. The molecule has 1 saturated carbocycles. The van der Waals surface area contributed by atoms with Crippen LogP contribution in [0.1, 0.15) is 36.0 Å². The number of hydrogen-bond donors (Lipinski definition) is 0. The number of pyridine rings is 1. The van der Waals surface area contributed by atoms with Crippen LogP contribution >= 0.6 is 15.9 Å². The molecule has 1 amide bonds. The van der Waals surface area contributed by atoms with Gasteiger partial charge in [0.1, 0.15) is 4.60 Å². The van der Waals surface area contributed by atoms with Crippen molar-refractivity contribution in [3.05, 3.63) is 41.2 Å². The highest BCUT2D eigenvalue weighted by atomic mass is 79.9. The Morgan fingerprint density at radius 1 is 1.50 bits per heavy atom. The predicted molar refractivity (Wildman–Crippen MR) is 75.4 cm³/mol. The molecule has 0 aromatic carbocycles. The SMILES string of the molecule is C=CCN(C(=O)c1ccc(Br)nc1)C1CCCC1. The van der Waals surface area contributed by atoms with Crippen LogP contribution in [0.25, 0.3) is 0 Å². The largest absolute Gasteiger partial charge is 0.332 e. The van der Waals surface area contributed by atoms with E-state index in [4.69, 9.17) is 0 Å². The number of aromatic nitrogens is 1. The Kier molecular flexibility index (Phi) is 4.53. The second-order valence-corrected chi connectivity index (χ2v) is 5.37. The summed E-state index contributed by atoms with van der Waals surface area (Å²) in [5, 5.41) is 0. The van der Waals surface area contributed by atoms with Crippen molar-refractivity contribution < 1.29 is 4.79 Å². The molecule has 0 N–H and O–H groups in total. The molecule has 0 saturated heterocycles. The molecule has 1 fully saturated rings. The zero-order valence-electron chi connectivity index (χ0n) is 10.3. The van der Waals surface area contributed by atoms with E-state index in [9.17, 15) is 4.79 Å². The third-order valence-electron chi connectivity index (χ3n) is 3.33. The van der Waals surface area contributed by atoms with Gasteiger partial charge in [0.15, 0.2) is 0 Å². The minimum Gasteiger partial charge on any atom is -0.332 e. The Labute approximate surface area is 116 Å². The molecule has 3 nitrogen and oxygen atoms in total. The van der Waals surface area contributed by atoms with Crippen LogP contribution in [0.5, 0.6) is 0 Å².